The molecule has 0 aromatic carbocycles. The van der Waals surface area contributed by atoms with Crippen molar-refractivity contribution >= 4 is 5.78 Å². The van der Waals surface area contributed by atoms with Crippen LogP contribution in [0.2, 0.25) is 0 Å². The molecular formula is C25H42O. The normalized spacial score (nSPS) is 46.5. The molecule has 0 saturated heterocycles. The first kappa shape index (κ1) is 19.0. The molecule has 0 amide bonds. The third-order valence-corrected chi connectivity index (χ3v) is 9.52. The molecule has 0 heterocycles. The average molecular weight is 359 g/mol. The Morgan fingerprint density at radius 3 is 1.77 bits per heavy atom. The molecule has 26 heavy (non-hydrogen) atoms. The van der Waals surface area contributed by atoms with Crippen molar-refractivity contribution in [2.45, 2.75) is 117 Å². The Hall–Kier alpha value is -0.330. The van der Waals surface area contributed by atoms with Crippen molar-refractivity contribution in [2.24, 2.45) is 34.5 Å². The van der Waals surface area contributed by atoms with Crippen molar-refractivity contribution in [3.8, 4) is 0 Å². The van der Waals surface area contributed by atoms with E-state index in [4.69, 9.17) is 0 Å². The van der Waals surface area contributed by atoms with Gasteiger partial charge in [0.2, 0.25) is 0 Å². The van der Waals surface area contributed by atoms with E-state index in [1.54, 1.807) is 0 Å². The van der Waals surface area contributed by atoms with Crippen LogP contribution in [0.25, 0.3) is 0 Å². The van der Waals surface area contributed by atoms with Gasteiger partial charge in [-0.25, -0.2) is 0 Å². The number of ketones is 1. The van der Waals surface area contributed by atoms with Gasteiger partial charge in [-0.1, -0.05) is 46.0 Å². The van der Waals surface area contributed by atoms with Gasteiger partial charge in [0.25, 0.3) is 0 Å². The average Bonchev–Trinajstić information content (AvgIpc) is 2.70. The van der Waals surface area contributed by atoms with E-state index in [0.717, 1.165) is 29.5 Å². The minimum atomic E-state index is 0.148. The van der Waals surface area contributed by atoms with Gasteiger partial charge in [0.1, 0.15) is 5.78 Å². The molecule has 0 aromatic rings. The fourth-order valence-electron chi connectivity index (χ4n) is 7.73. The zero-order chi connectivity index (χ0) is 18.2. The van der Waals surface area contributed by atoms with Gasteiger partial charge >= 0.3 is 0 Å². The number of rotatable bonds is 4. The van der Waals surface area contributed by atoms with Gasteiger partial charge in [0.05, 0.1) is 0 Å². The van der Waals surface area contributed by atoms with Crippen LogP contribution in [0, 0.1) is 34.5 Å². The Morgan fingerprint density at radius 2 is 1.27 bits per heavy atom. The maximum absolute atomic E-state index is 13.3. The van der Waals surface area contributed by atoms with Crippen molar-refractivity contribution in [2.75, 3.05) is 0 Å². The third kappa shape index (κ3) is 3.30. The minimum absolute atomic E-state index is 0.148. The molecule has 0 aliphatic heterocycles. The van der Waals surface area contributed by atoms with Gasteiger partial charge in [0, 0.05) is 10.8 Å². The second-order valence-electron chi connectivity index (χ2n) is 10.8. The molecule has 0 atom stereocenters. The standard InChI is InChI=1S/C25H42O/c1-3-5-20-6-8-21(9-7-20)22-12-16-25(17-13-22)18-24(23(25)26)14-10-19(4-2)11-15-24/h19-22H,3-18H2,1-2H3/t19?,20?,21?,22-,24-,25-. The topological polar surface area (TPSA) is 17.1 Å². The van der Waals surface area contributed by atoms with Crippen molar-refractivity contribution in [3.63, 3.8) is 0 Å². The first-order valence-electron chi connectivity index (χ1n) is 12.2. The largest absolute Gasteiger partial charge is 0.298 e. The summed E-state index contributed by atoms with van der Waals surface area (Å²) in [5, 5.41) is 0. The van der Waals surface area contributed by atoms with Crippen LogP contribution in [0.4, 0.5) is 0 Å². The number of hydrogen-bond acceptors (Lipinski definition) is 1. The van der Waals surface area contributed by atoms with Gasteiger partial charge in [-0.3, -0.25) is 4.79 Å². The fraction of sp³-hybridized carbons (Fsp3) is 0.960. The molecule has 0 aromatic heterocycles. The number of hydrogen-bond donors (Lipinski definition) is 0. The van der Waals surface area contributed by atoms with E-state index in [1.165, 1.54) is 103 Å². The molecule has 1 nitrogen and oxygen atoms in total. The summed E-state index contributed by atoms with van der Waals surface area (Å²) >= 11 is 0. The van der Waals surface area contributed by atoms with Crippen molar-refractivity contribution in [3.05, 3.63) is 0 Å². The molecule has 4 rings (SSSR count). The van der Waals surface area contributed by atoms with E-state index in [1.807, 2.05) is 0 Å². The SMILES string of the molecule is CCCC1CCC([C@H]2CC[C@]3(CC2)C[C@@]2(CCC(CC)CC2)C3=O)CC1. The highest BCUT2D eigenvalue weighted by molar-refractivity contribution is 5.96. The van der Waals surface area contributed by atoms with Crippen LogP contribution in [0.5, 0.6) is 0 Å². The summed E-state index contributed by atoms with van der Waals surface area (Å²) in [7, 11) is 0. The number of carbonyl (C=O) groups excluding carboxylic acids is 1. The maximum atomic E-state index is 13.3. The van der Waals surface area contributed by atoms with Crippen LogP contribution in [-0.4, -0.2) is 5.78 Å². The Kier molecular flexibility index (Phi) is 5.55. The predicted molar refractivity (Wildman–Crippen MR) is 109 cm³/mol. The molecule has 148 valence electrons. The van der Waals surface area contributed by atoms with E-state index < -0.39 is 0 Å². The van der Waals surface area contributed by atoms with E-state index >= 15 is 0 Å². The molecule has 4 aliphatic carbocycles. The van der Waals surface area contributed by atoms with E-state index in [-0.39, 0.29) is 10.8 Å². The molecule has 0 radical (unpaired) electrons. The van der Waals surface area contributed by atoms with Gasteiger partial charge in [0.15, 0.2) is 0 Å². The Bertz CT molecular complexity index is 482. The van der Waals surface area contributed by atoms with Crippen LogP contribution in [0.15, 0.2) is 0 Å². The van der Waals surface area contributed by atoms with Gasteiger partial charge in [-0.2, -0.15) is 0 Å². The maximum Gasteiger partial charge on any atom is 0.145 e. The van der Waals surface area contributed by atoms with Crippen LogP contribution in [-0.2, 0) is 4.79 Å². The van der Waals surface area contributed by atoms with Gasteiger partial charge < -0.3 is 0 Å². The summed E-state index contributed by atoms with van der Waals surface area (Å²) in [6.45, 7) is 4.66. The third-order valence-electron chi connectivity index (χ3n) is 9.52. The summed E-state index contributed by atoms with van der Waals surface area (Å²) in [6.07, 6.45) is 21.6. The summed E-state index contributed by atoms with van der Waals surface area (Å²) in [5.41, 5.74) is 0.297. The lowest BCUT2D eigenvalue weighted by Gasteiger charge is -2.59. The lowest BCUT2D eigenvalue weighted by Crippen LogP contribution is -2.59. The predicted octanol–water partition coefficient (Wildman–Crippen LogP) is 7.33. The first-order valence-corrected chi connectivity index (χ1v) is 12.2. The molecule has 4 saturated carbocycles. The Balaban J connectivity index is 1.26. The second kappa shape index (κ2) is 7.59. The quantitative estimate of drug-likeness (QED) is 0.514. The summed E-state index contributed by atoms with van der Waals surface area (Å²) in [4.78, 5) is 13.3. The highest BCUT2D eigenvalue weighted by Gasteiger charge is 2.63. The highest BCUT2D eigenvalue weighted by atomic mass is 16.1. The minimum Gasteiger partial charge on any atom is -0.298 e. The molecule has 0 unspecified atom stereocenters. The smallest absolute Gasteiger partial charge is 0.145 e. The van der Waals surface area contributed by atoms with E-state index in [9.17, 15) is 4.79 Å². The fourth-order valence-corrected chi connectivity index (χ4v) is 7.73. The van der Waals surface area contributed by atoms with E-state index in [2.05, 4.69) is 13.8 Å². The summed E-state index contributed by atoms with van der Waals surface area (Å²) < 4.78 is 0. The number of carbonyl (C=O) groups is 1. The first-order chi connectivity index (χ1) is 12.6. The summed E-state index contributed by atoms with van der Waals surface area (Å²) in [6, 6.07) is 0. The van der Waals surface area contributed by atoms with Crippen LogP contribution >= 0.6 is 0 Å². The lowest BCUT2D eigenvalue weighted by atomic mass is 9.43. The molecule has 0 bridgehead atoms. The zero-order valence-electron chi connectivity index (χ0n) is 17.5. The molecule has 4 aliphatic rings. The summed E-state index contributed by atoms with van der Waals surface area (Å²) in [5.74, 6) is 4.60. The molecular weight excluding hydrogens is 316 g/mol. The lowest BCUT2D eigenvalue weighted by molar-refractivity contribution is -0.169. The van der Waals surface area contributed by atoms with Crippen LogP contribution in [0.3, 0.4) is 0 Å². The van der Waals surface area contributed by atoms with Gasteiger partial charge in [-0.15, -0.1) is 0 Å². The Labute approximate surface area is 162 Å². The van der Waals surface area contributed by atoms with Crippen LogP contribution < -0.4 is 0 Å². The second-order valence-corrected chi connectivity index (χ2v) is 10.8. The zero-order valence-corrected chi connectivity index (χ0v) is 17.5. The molecule has 2 spiro atoms. The van der Waals surface area contributed by atoms with Crippen LogP contribution in [0.1, 0.15) is 117 Å². The van der Waals surface area contributed by atoms with Gasteiger partial charge in [-0.05, 0) is 94.3 Å². The molecule has 4 fully saturated rings. The van der Waals surface area contributed by atoms with Crippen molar-refractivity contribution < 1.29 is 4.79 Å². The van der Waals surface area contributed by atoms with Crippen molar-refractivity contribution in [1.82, 2.24) is 0 Å². The molecule has 1 heteroatoms. The monoisotopic (exact) mass is 358 g/mol. The highest BCUT2D eigenvalue weighted by Crippen LogP contribution is 2.64. The van der Waals surface area contributed by atoms with Crippen molar-refractivity contribution in [1.29, 1.82) is 0 Å². The molecule has 0 N–H and O–H groups in total. The number of Topliss-reactive ketones (excluding diaryl/α,β-unsaturated/α-hetero) is 1. The van der Waals surface area contributed by atoms with E-state index in [0.29, 0.717) is 0 Å². The Morgan fingerprint density at radius 1 is 0.731 bits per heavy atom.